The van der Waals surface area contributed by atoms with Gasteiger partial charge in [0, 0.05) is 48.9 Å². The van der Waals surface area contributed by atoms with Crippen LogP contribution in [0.2, 0.25) is 0 Å². The smallest absolute Gasteiger partial charge is 0.229 e. The molecule has 5 rings (SSSR count). The van der Waals surface area contributed by atoms with Gasteiger partial charge in [-0.05, 0) is 30.4 Å². The van der Waals surface area contributed by atoms with Crippen LogP contribution in [0.4, 0.5) is 5.82 Å². The molecule has 3 aromatic rings. The number of carbonyl (C=O) groups excluding carboxylic acids is 1. The van der Waals surface area contributed by atoms with E-state index in [9.17, 15) is 4.79 Å². The molecular formula is C18H19N5OS. The number of thiophene rings is 1. The van der Waals surface area contributed by atoms with Gasteiger partial charge in [0.2, 0.25) is 5.91 Å². The molecule has 3 aromatic heterocycles. The van der Waals surface area contributed by atoms with E-state index in [0.29, 0.717) is 0 Å². The number of hydrogen-bond acceptors (Lipinski definition) is 5. The summed E-state index contributed by atoms with van der Waals surface area (Å²) in [5.41, 5.74) is 3.15. The van der Waals surface area contributed by atoms with Crippen LogP contribution < -0.4 is 4.90 Å². The van der Waals surface area contributed by atoms with Crippen LogP contribution in [0.5, 0.6) is 0 Å². The first kappa shape index (κ1) is 14.9. The lowest BCUT2D eigenvalue weighted by molar-refractivity contribution is -0.137. The Kier molecular flexibility index (Phi) is 3.31. The zero-order chi connectivity index (χ0) is 17.0. The van der Waals surface area contributed by atoms with Crippen LogP contribution >= 0.6 is 11.3 Å². The monoisotopic (exact) mass is 353 g/mol. The summed E-state index contributed by atoms with van der Waals surface area (Å²) in [5, 5.41) is 6.49. The van der Waals surface area contributed by atoms with Gasteiger partial charge in [-0.15, -0.1) is 11.3 Å². The molecule has 7 heteroatoms. The van der Waals surface area contributed by atoms with E-state index >= 15 is 0 Å². The molecule has 0 N–H and O–H groups in total. The zero-order valence-electron chi connectivity index (χ0n) is 14.1. The number of fused-ring (bicyclic) bond motifs is 2. The molecule has 25 heavy (non-hydrogen) atoms. The molecule has 0 saturated carbocycles. The molecule has 0 unspecified atom stereocenters. The highest BCUT2D eigenvalue weighted by molar-refractivity contribution is 7.10. The van der Waals surface area contributed by atoms with E-state index in [-0.39, 0.29) is 11.8 Å². The van der Waals surface area contributed by atoms with Crippen molar-refractivity contribution in [1.29, 1.82) is 0 Å². The maximum atomic E-state index is 12.8. The van der Waals surface area contributed by atoms with Crippen molar-refractivity contribution in [3.05, 3.63) is 45.9 Å². The molecule has 0 aliphatic carbocycles. The van der Waals surface area contributed by atoms with Gasteiger partial charge in [0.05, 0.1) is 12.1 Å². The Balaban J connectivity index is 1.30. The van der Waals surface area contributed by atoms with Gasteiger partial charge in [-0.1, -0.05) is 0 Å². The van der Waals surface area contributed by atoms with Crippen molar-refractivity contribution >= 4 is 28.7 Å². The average Bonchev–Trinajstić information content (AvgIpc) is 3.20. The molecule has 2 aliphatic rings. The van der Waals surface area contributed by atoms with Crippen LogP contribution in [0.3, 0.4) is 0 Å². The largest absolute Gasteiger partial charge is 0.355 e. The highest BCUT2D eigenvalue weighted by Gasteiger charge is 2.37. The van der Waals surface area contributed by atoms with Gasteiger partial charge in [0.25, 0.3) is 0 Å². The summed E-state index contributed by atoms with van der Waals surface area (Å²) in [7, 11) is 0. The van der Waals surface area contributed by atoms with E-state index < -0.39 is 0 Å². The standard InChI is InChI=1S/C18H19N5OS/c1-12-8-17(23-16(20-12)2-5-19-23)22-10-14(11-22)18(24)21-6-3-15-13(9-21)4-7-25-15/h2,4-5,7-8,14H,3,6,9-11H2,1H3. The minimum absolute atomic E-state index is 0.0827. The molecule has 1 fully saturated rings. The number of hydrogen-bond donors (Lipinski definition) is 0. The number of carbonyl (C=O) groups is 1. The number of aromatic nitrogens is 3. The van der Waals surface area contributed by atoms with Crippen molar-refractivity contribution in [3.63, 3.8) is 0 Å². The fourth-order valence-corrected chi connectivity index (χ4v) is 4.65. The summed E-state index contributed by atoms with van der Waals surface area (Å²) in [6, 6.07) is 6.10. The van der Waals surface area contributed by atoms with Crippen molar-refractivity contribution in [2.45, 2.75) is 19.9 Å². The third-order valence-corrected chi connectivity index (χ3v) is 6.17. The number of nitrogens with zero attached hydrogens (tertiary/aromatic N) is 5. The van der Waals surface area contributed by atoms with Gasteiger partial charge in [0.15, 0.2) is 5.65 Å². The lowest BCUT2D eigenvalue weighted by Gasteiger charge is -2.42. The molecule has 0 spiro atoms. The Hall–Kier alpha value is -2.41. The first-order chi connectivity index (χ1) is 12.2. The molecule has 5 heterocycles. The van der Waals surface area contributed by atoms with E-state index in [2.05, 4.69) is 26.4 Å². The lowest BCUT2D eigenvalue weighted by atomic mass is 9.97. The van der Waals surface area contributed by atoms with Gasteiger partial charge in [-0.2, -0.15) is 9.61 Å². The molecule has 0 atom stereocenters. The summed E-state index contributed by atoms with van der Waals surface area (Å²) in [6.07, 6.45) is 2.76. The highest BCUT2D eigenvalue weighted by atomic mass is 32.1. The summed E-state index contributed by atoms with van der Waals surface area (Å²) in [5.74, 6) is 1.39. The third-order valence-electron chi connectivity index (χ3n) is 5.14. The van der Waals surface area contributed by atoms with Gasteiger partial charge >= 0.3 is 0 Å². The zero-order valence-corrected chi connectivity index (χ0v) is 14.9. The highest BCUT2D eigenvalue weighted by Crippen LogP contribution is 2.29. The molecule has 0 aromatic carbocycles. The van der Waals surface area contributed by atoms with Crippen LogP contribution in [0, 0.1) is 12.8 Å². The fraction of sp³-hybridized carbons (Fsp3) is 0.389. The second-order valence-corrected chi connectivity index (χ2v) is 7.84. The molecule has 128 valence electrons. The van der Waals surface area contributed by atoms with E-state index in [1.54, 1.807) is 17.5 Å². The molecule has 2 aliphatic heterocycles. The maximum Gasteiger partial charge on any atom is 0.229 e. The Morgan fingerprint density at radius 2 is 2.20 bits per heavy atom. The molecular weight excluding hydrogens is 334 g/mol. The van der Waals surface area contributed by atoms with Crippen molar-refractivity contribution in [2.75, 3.05) is 24.5 Å². The second-order valence-electron chi connectivity index (χ2n) is 6.84. The van der Waals surface area contributed by atoms with Crippen LogP contribution in [0.25, 0.3) is 5.65 Å². The second kappa shape index (κ2) is 5.56. The normalized spacial score (nSPS) is 17.6. The Morgan fingerprint density at radius 3 is 3.08 bits per heavy atom. The first-order valence-corrected chi connectivity index (χ1v) is 9.47. The Bertz CT molecular complexity index is 955. The third kappa shape index (κ3) is 2.41. The minimum atomic E-state index is 0.0827. The molecule has 0 radical (unpaired) electrons. The summed E-state index contributed by atoms with van der Waals surface area (Å²) in [6.45, 7) is 5.12. The van der Waals surface area contributed by atoms with Crippen LogP contribution in [-0.2, 0) is 17.8 Å². The summed E-state index contributed by atoms with van der Waals surface area (Å²) >= 11 is 1.81. The van der Waals surface area contributed by atoms with Gasteiger partial charge in [-0.3, -0.25) is 4.79 Å². The first-order valence-electron chi connectivity index (χ1n) is 8.59. The van der Waals surface area contributed by atoms with Gasteiger partial charge in [0.1, 0.15) is 5.82 Å². The van der Waals surface area contributed by atoms with Crippen LogP contribution in [0.15, 0.2) is 29.8 Å². The van der Waals surface area contributed by atoms with Crippen molar-refractivity contribution < 1.29 is 4.79 Å². The SMILES string of the molecule is Cc1cc(N2CC(C(=O)N3CCc4sccc4C3)C2)n2nccc2n1. The predicted molar refractivity (Wildman–Crippen MR) is 96.9 cm³/mol. The van der Waals surface area contributed by atoms with Gasteiger partial charge < -0.3 is 9.80 Å². The van der Waals surface area contributed by atoms with Crippen molar-refractivity contribution in [1.82, 2.24) is 19.5 Å². The molecule has 0 bridgehead atoms. The summed E-state index contributed by atoms with van der Waals surface area (Å²) in [4.78, 5) is 23.0. The van der Waals surface area contributed by atoms with Gasteiger partial charge in [-0.25, -0.2) is 4.98 Å². The van der Waals surface area contributed by atoms with E-state index in [0.717, 1.165) is 49.8 Å². The molecule has 6 nitrogen and oxygen atoms in total. The van der Waals surface area contributed by atoms with Crippen molar-refractivity contribution in [2.24, 2.45) is 5.92 Å². The quantitative estimate of drug-likeness (QED) is 0.708. The Morgan fingerprint density at radius 1 is 1.32 bits per heavy atom. The number of rotatable bonds is 2. The average molecular weight is 353 g/mol. The lowest BCUT2D eigenvalue weighted by Crippen LogP contribution is -2.55. The topological polar surface area (TPSA) is 53.7 Å². The Labute approximate surface area is 149 Å². The predicted octanol–water partition coefficient (Wildman–Crippen LogP) is 2.12. The van der Waals surface area contributed by atoms with E-state index in [1.807, 2.05) is 28.5 Å². The van der Waals surface area contributed by atoms with Crippen LogP contribution in [0.1, 0.15) is 16.1 Å². The molecule has 1 amide bonds. The van der Waals surface area contributed by atoms with E-state index in [1.165, 1.54) is 10.4 Å². The fourth-order valence-electron chi connectivity index (χ4n) is 3.76. The van der Waals surface area contributed by atoms with Crippen LogP contribution in [-0.4, -0.2) is 45.0 Å². The minimum Gasteiger partial charge on any atom is -0.355 e. The number of amides is 1. The molecule has 1 saturated heterocycles. The van der Waals surface area contributed by atoms with Crippen molar-refractivity contribution in [3.8, 4) is 0 Å². The number of aryl methyl sites for hydroxylation is 1. The van der Waals surface area contributed by atoms with E-state index in [4.69, 9.17) is 0 Å². The maximum absolute atomic E-state index is 12.8. The number of anilines is 1. The summed E-state index contributed by atoms with van der Waals surface area (Å²) < 4.78 is 1.85.